The van der Waals surface area contributed by atoms with Crippen molar-refractivity contribution in [3.05, 3.63) is 72.5 Å². The maximum Gasteiger partial charge on any atom is 0.132 e. The third-order valence-electron chi connectivity index (χ3n) is 4.74. The van der Waals surface area contributed by atoms with E-state index in [9.17, 15) is 4.39 Å². The van der Waals surface area contributed by atoms with E-state index in [0.29, 0.717) is 22.3 Å². The molecule has 0 aliphatic rings. The van der Waals surface area contributed by atoms with Crippen LogP contribution < -0.4 is 15.2 Å². The number of aromatic nitrogens is 1. The summed E-state index contributed by atoms with van der Waals surface area (Å²) >= 11 is 0. The van der Waals surface area contributed by atoms with Crippen molar-refractivity contribution in [3.63, 3.8) is 0 Å². The van der Waals surface area contributed by atoms with Gasteiger partial charge in [-0.05, 0) is 65.5 Å². The molecule has 4 nitrogen and oxygen atoms in total. The highest BCUT2D eigenvalue weighted by Crippen LogP contribution is 2.39. The Labute approximate surface area is 162 Å². The molecule has 0 bridgehead atoms. The molecule has 0 amide bonds. The molecule has 0 saturated carbocycles. The summed E-state index contributed by atoms with van der Waals surface area (Å²) in [6.07, 6.45) is 0. The third-order valence-corrected chi connectivity index (χ3v) is 4.74. The lowest BCUT2D eigenvalue weighted by Gasteiger charge is -2.15. The monoisotopic (exact) mass is 374 g/mol. The molecular formula is C23H19FN2O2. The van der Waals surface area contributed by atoms with Crippen LogP contribution in [0.15, 0.2) is 66.7 Å². The number of methoxy groups -OCH3 is 2. The summed E-state index contributed by atoms with van der Waals surface area (Å²) in [5.41, 5.74) is 9.48. The molecule has 0 aliphatic carbocycles. The van der Waals surface area contributed by atoms with Crippen LogP contribution in [0, 0.1) is 5.82 Å². The van der Waals surface area contributed by atoms with E-state index in [2.05, 4.69) is 4.98 Å². The van der Waals surface area contributed by atoms with Gasteiger partial charge in [-0.25, -0.2) is 9.37 Å². The Hall–Kier alpha value is -3.60. The third kappa shape index (κ3) is 3.11. The second kappa shape index (κ2) is 7.19. The van der Waals surface area contributed by atoms with Crippen LogP contribution in [-0.4, -0.2) is 19.2 Å². The van der Waals surface area contributed by atoms with E-state index < -0.39 is 0 Å². The van der Waals surface area contributed by atoms with Crippen molar-refractivity contribution in [2.45, 2.75) is 0 Å². The fourth-order valence-corrected chi connectivity index (χ4v) is 3.32. The maximum atomic E-state index is 14.1. The van der Waals surface area contributed by atoms with Crippen LogP contribution in [0.5, 0.6) is 11.5 Å². The van der Waals surface area contributed by atoms with Crippen molar-refractivity contribution < 1.29 is 13.9 Å². The van der Waals surface area contributed by atoms with Gasteiger partial charge in [-0.3, -0.25) is 0 Å². The first-order chi connectivity index (χ1) is 13.6. The lowest BCUT2D eigenvalue weighted by atomic mass is 9.93. The smallest absolute Gasteiger partial charge is 0.132 e. The van der Waals surface area contributed by atoms with E-state index in [-0.39, 0.29) is 5.82 Å². The van der Waals surface area contributed by atoms with E-state index in [1.165, 1.54) is 12.1 Å². The number of ether oxygens (including phenoxy) is 2. The van der Waals surface area contributed by atoms with Gasteiger partial charge in [0.05, 0.1) is 19.9 Å². The van der Waals surface area contributed by atoms with E-state index in [0.717, 1.165) is 28.2 Å². The Bertz CT molecular complexity index is 1140. The van der Waals surface area contributed by atoms with E-state index >= 15 is 0 Å². The van der Waals surface area contributed by atoms with Gasteiger partial charge in [0.25, 0.3) is 0 Å². The predicted molar refractivity (Wildman–Crippen MR) is 110 cm³/mol. The number of halogens is 1. The number of hydrogen-bond donors (Lipinski definition) is 1. The molecule has 0 atom stereocenters. The zero-order valence-corrected chi connectivity index (χ0v) is 15.6. The molecule has 140 valence electrons. The van der Waals surface area contributed by atoms with E-state index in [4.69, 9.17) is 15.2 Å². The Morgan fingerprint density at radius 3 is 1.89 bits per heavy atom. The summed E-state index contributed by atoms with van der Waals surface area (Å²) in [6.45, 7) is 0. The highest BCUT2D eigenvalue weighted by molar-refractivity contribution is 6.06. The molecule has 0 saturated heterocycles. The minimum absolute atomic E-state index is 0.325. The summed E-state index contributed by atoms with van der Waals surface area (Å²) in [7, 11) is 3.24. The fourth-order valence-electron chi connectivity index (χ4n) is 3.32. The average Bonchev–Trinajstić information content (AvgIpc) is 2.73. The van der Waals surface area contributed by atoms with Gasteiger partial charge >= 0.3 is 0 Å². The lowest BCUT2D eigenvalue weighted by Crippen LogP contribution is -1.99. The molecular weight excluding hydrogens is 355 g/mol. The van der Waals surface area contributed by atoms with Crippen molar-refractivity contribution in [3.8, 4) is 33.9 Å². The molecule has 4 rings (SSSR count). The standard InChI is InChI=1S/C23H19FN2O2/c1-27-17-8-3-14(4-9-17)21-20-13-16(24)7-12-19(20)23(25)26-22(21)15-5-10-18(28-2)11-6-15/h3-13H,1-2H3,(H2,25,26). The number of benzene rings is 3. The topological polar surface area (TPSA) is 57.4 Å². The lowest BCUT2D eigenvalue weighted by molar-refractivity contribution is 0.414. The molecule has 0 spiro atoms. The zero-order chi connectivity index (χ0) is 19.7. The number of anilines is 1. The number of nitrogen functional groups attached to an aromatic ring is 1. The summed E-state index contributed by atoms with van der Waals surface area (Å²) in [4.78, 5) is 4.66. The van der Waals surface area contributed by atoms with Crippen molar-refractivity contribution in [1.82, 2.24) is 4.98 Å². The normalized spacial score (nSPS) is 10.8. The molecule has 0 radical (unpaired) electrons. The maximum absolute atomic E-state index is 14.1. The molecule has 0 unspecified atom stereocenters. The van der Waals surface area contributed by atoms with Crippen molar-refractivity contribution >= 4 is 16.6 Å². The van der Waals surface area contributed by atoms with Gasteiger partial charge < -0.3 is 15.2 Å². The number of fused-ring (bicyclic) bond motifs is 1. The molecule has 0 fully saturated rings. The van der Waals surface area contributed by atoms with Gasteiger partial charge in [0.15, 0.2) is 0 Å². The summed E-state index contributed by atoms with van der Waals surface area (Å²) in [5.74, 6) is 1.52. The second-order valence-electron chi connectivity index (χ2n) is 6.37. The minimum Gasteiger partial charge on any atom is -0.497 e. The quantitative estimate of drug-likeness (QED) is 0.526. The second-order valence-corrected chi connectivity index (χ2v) is 6.37. The Balaban J connectivity index is 2.04. The number of nitrogens with two attached hydrogens (primary N) is 1. The first-order valence-corrected chi connectivity index (χ1v) is 8.78. The SMILES string of the molecule is COc1ccc(-c2nc(N)c3ccc(F)cc3c2-c2ccc(OC)cc2)cc1. The molecule has 28 heavy (non-hydrogen) atoms. The van der Waals surface area contributed by atoms with Crippen LogP contribution in [0.3, 0.4) is 0 Å². The van der Waals surface area contributed by atoms with Gasteiger partial charge in [0.1, 0.15) is 23.1 Å². The minimum atomic E-state index is -0.325. The molecule has 0 aliphatic heterocycles. The van der Waals surface area contributed by atoms with Crippen LogP contribution in [0.2, 0.25) is 0 Å². The molecule has 5 heteroatoms. The van der Waals surface area contributed by atoms with E-state index in [1.54, 1.807) is 20.3 Å². The number of hydrogen-bond acceptors (Lipinski definition) is 4. The Morgan fingerprint density at radius 1 is 0.750 bits per heavy atom. The van der Waals surface area contributed by atoms with Crippen LogP contribution in [-0.2, 0) is 0 Å². The Kier molecular flexibility index (Phi) is 4.57. The Morgan fingerprint density at radius 2 is 1.32 bits per heavy atom. The summed E-state index contributed by atoms with van der Waals surface area (Å²) in [5, 5.41) is 1.42. The molecule has 2 N–H and O–H groups in total. The van der Waals surface area contributed by atoms with Crippen molar-refractivity contribution in [1.29, 1.82) is 0 Å². The van der Waals surface area contributed by atoms with Crippen LogP contribution >= 0.6 is 0 Å². The largest absolute Gasteiger partial charge is 0.497 e. The highest BCUT2D eigenvalue weighted by atomic mass is 19.1. The van der Waals surface area contributed by atoms with Crippen molar-refractivity contribution in [2.24, 2.45) is 0 Å². The van der Waals surface area contributed by atoms with Crippen LogP contribution in [0.25, 0.3) is 33.2 Å². The number of nitrogens with zero attached hydrogens (tertiary/aromatic N) is 1. The first-order valence-electron chi connectivity index (χ1n) is 8.78. The molecule has 4 aromatic rings. The van der Waals surface area contributed by atoms with Gasteiger partial charge in [-0.1, -0.05) is 12.1 Å². The summed E-state index contributed by atoms with van der Waals surface area (Å²) in [6, 6.07) is 19.7. The zero-order valence-electron chi connectivity index (χ0n) is 15.6. The first kappa shape index (κ1) is 17.8. The van der Waals surface area contributed by atoms with Gasteiger partial charge in [-0.15, -0.1) is 0 Å². The average molecular weight is 374 g/mol. The summed E-state index contributed by atoms with van der Waals surface area (Å²) < 4.78 is 24.6. The van der Waals surface area contributed by atoms with Crippen LogP contribution in [0.4, 0.5) is 10.2 Å². The van der Waals surface area contributed by atoms with Gasteiger partial charge in [-0.2, -0.15) is 0 Å². The fraction of sp³-hybridized carbons (Fsp3) is 0.0870. The van der Waals surface area contributed by atoms with Crippen molar-refractivity contribution in [2.75, 3.05) is 20.0 Å². The molecule has 1 aromatic heterocycles. The van der Waals surface area contributed by atoms with E-state index in [1.807, 2.05) is 48.5 Å². The van der Waals surface area contributed by atoms with Gasteiger partial charge in [0, 0.05) is 16.5 Å². The number of rotatable bonds is 4. The predicted octanol–water partition coefficient (Wildman–Crippen LogP) is 5.31. The van der Waals surface area contributed by atoms with Gasteiger partial charge in [0.2, 0.25) is 0 Å². The molecule has 3 aromatic carbocycles. The molecule has 1 heterocycles. The highest BCUT2D eigenvalue weighted by Gasteiger charge is 2.17. The van der Waals surface area contributed by atoms with Crippen LogP contribution in [0.1, 0.15) is 0 Å². The number of pyridine rings is 1.